The van der Waals surface area contributed by atoms with E-state index in [2.05, 4.69) is 0 Å². The third-order valence-corrected chi connectivity index (χ3v) is 2.87. The molecule has 17 heavy (non-hydrogen) atoms. The van der Waals surface area contributed by atoms with E-state index in [1.807, 2.05) is 30.3 Å². The number of nitrogens with zero attached hydrogens (tertiary/aromatic N) is 1. The van der Waals surface area contributed by atoms with Gasteiger partial charge in [0.1, 0.15) is 0 Å². The average Bonchev–Trinajstić information content (AvgIpc) is 2.29. The van der Waals surface area contributed by atoms with Gasteiger partial charge in [-0.05, 0) is 24.1 Å². The SMILES string of the molecule is CC1(O)C=CC(c2ccccc2)=CC1[N+](=O)[O-]. The Morgan fingerprint density at radius 2 is 2.00 bits per heavy atom. The highest BCUT2D eigenvalue weighted by molar-refractivity contribution is 5.76. The summed E-state index contributed by atoms with van der Waals surface area (Å²) in [4.78, 5) is 10.4. The molecule has 2 unspecified atom stereocenters. The van der Waals surface area contributed by atoms with Gasteiger partial charge < -0.3 is 5.11 Å². The number of nitro groups is 1. The Bertz CT molecular complexity index is 489. The van der Waals surface area contributed by atoms with Gasteiger partial charge in [0, 0.05) is 11.0 Å². The Balaban J connectivity index is 2.39. The third-order valence-electron chi connectivity index (χ3n) is 2.87. The second kappa shape index (κ2) is 4.14. The van der Waals surface area contributed by atoms with Crippen LogP contribution in [0.25, 0.3) is 5.57 Å². The molecule has 4 heteroatoms. The van der Waals surface area contributed by atoms with Gasteiger partial charge in [0.25, 0.3) is 6.04 Å². The van der Waals surface area contributed by atoms with Crippen molar-refractivity contribution in [1.29, 1.82) is 0 Å². The fourth-order valence-corrected chi connectivity index (χ4v) is 1.85. The molecule has 0 radical (unpaired) electrons. The monoisotopic (exact) mass is 231 g/mol. The second-order valence-electron chi connectivity index (χ2n) is 4.28. The van der Waals surface area contributed by atoms with Gasteiger partial charge in [-0.2, -0.15) is 0 Å². The molecule has 0 bridgehead atoms. The minimum absolute atomic E-state index is 0.466. The lowest BCUT2D eigenvalue weighted by molar-refractivity contribution is -0.527. The van der Waals surface area contributed by atoms with Crippen molar-refractivity contribution in [2.24, 2.45) is 0 Å². The van der Waals surface area contributed by atoms with Gasteiger partial charge in [-0.25, -0.2) is 0 Å². The lowest BCUT2D eigenvalue weighted by Gasteiger charge is -2.25. The van der Waals surface area contributed by atoms with Gasteiger partial charge in [-0.15, -0.1) is 0 Å². The van der Waals surface area contributed by atoms with Crippen molar-refractivity contribution in [3.8, 4) is 0 Å². The van der Waals surface area contributed by atoms with Crippen molar-refractivity contribution in [3.05, 3.63) is 64.2 Å². The number of aliphatic hydroxyl groups is 1. The zero-order chi connectivity index (χ0) is 12.5. The van der Waals surface area contributed by atoms with E-state index in [1.165, 1.54) is 19.1 Å². The van der Waals surface area contributed by atoms with E-state index in [9.17, 15) is 15.2 Å². The summed E-state index contributed by atoms with van der Waals surface area (Å²) in [7, 11) is 0. The molecule has 2 atom stereocenters. The highest BCUT2D eigenvalue weighted by Gasteiger charge is 2.39. The first-order valence-corrected chi connectivity index (χ1v) is 5.33. The molecular weight excluding hydrogens is 218 g/mol. The molecule has 0 heterocycles. The summed E-state index contributed by atoms with van der Waals surface area (Å²) in [6, 6.07) is 8.29. The number of allylic oxidation sites excluding steroid dienone is 2. The fraction of sp³-hybridized carbons (Fsp3) is 0.231. The lowest BCUT2D eigenvalue weighted by Crippen LogP contribution is -2.43. The zero-order valence-corrected chi connectivity index (χ0v) is 9.41. The van der Waals surface area contributed by atoms with E-state index in [-0.39, 0.29) is 0 Å². The quantitative estimate of drug-likeness (QED) is 0.625. The van der Waals surface area contributed by atoms with Crippen LogP contribution in [-0.4, -0.2) is 21.7 Å². The number of rotatable bonds is 2. The Morgan fingerprint density at radius 1 is 1.35 bits per heavy atom. The predicted molar refractivity (Wildman–Crippen MR) is 65.0 cm³/mol. The highest BCUT2D eigenvalue weighted by atomic mass is 16.6. The zero-order valence-electron chi connectivity index (χ0n) is 9.41. The number of benzene rings is 1. The molecule has 0 spiro atoms. The van der Waals surface area contributed by atoms with E-state index in [0.29, 0.717) is 0 Å². The third kappa shape index (κ3) is 2.26. The Morgan fingerprint density at radius 3 is 2.59 bits per heavy atom. The van der Waals surface area contributed by atoms with Crippen molar-refractivity contribution in [2.45, 2.75) is 18.6 Å². The molecule has 0 aliphatic heterocycles. The molecule has 1 aliphatic rings. The second-order valence-corrected chi connectivity index (χ2v) is 4.28. The predicted octanol–water partition coefficient (Wildman–Crippen LogP) is 2.04. The summed E-state index contributed by atoms with van der Waals surface area (Å²) in [6.07, 6.45) is 4.69. The van der Waals surface area contributed by atoms with Crippen LogP contribution < -0.4 is 0 Å². The Labute approximate surface area is 99.0 Å². The summed E-state index contributed by atoms with van der Waals surface area (Å²) in [5.41, 5.74) is 0.242. The smallest absolute Gasteiger partial charge is 0.263 e. The van der Waals surface area contributed by atoms with Crippen LogP contribution >= 0.6 is 0 Å². The molecule has 4 nitrogen and oxygen atoms in total. The molecule has 0 saturated carbocycles. The van der Waals surface area contributed by atoms with E-state index >= 15 is 0 Å². The largest absolute Gasteiger partial charge is 0.378 e. The first kappa shape index (κ1) is 11.5. The van der Waals surface area contributed by atoms with E-state index < -0.39 is 16.6 Å². The number of hydrogen-bond acceptors (Lipinski definition) is 3. The molecule has 1 N–H and O–H groups in total. The Kier molecular flexibility index (Phi) is 2.81. The minimum atomic E-state index is -1.43. The van der Waals surface area contributed by atoms with Crippen LogP contribution in [0.15, 0.2) is 48.6 Å². The highest BCUT2D eigenvalue weighted by Crippen LogP contribution is 2.28. The van der Waals surface area contributed by atoms with E-state index in [0.717, 1.165) is 11.1 Å². The summed E-state index contributed by atoms with van der Waals surface area (Å²) < 4.78 is 0. The minimum Gasteiger partial charge on any atom is -0.378 e. The van der Waals surface area contributed by atoms with Gasteiger partial charge in [0.15, 0.2) is 5.60 Å². The summed E-state index contributed by atoms with van der Waals surface area (Å²) in [5, 5.41) is 20.8. The lowest BCUT2D eigenvalue weighted by atomic mass is 9.87. The maximum Gasteiger partial charge on any atom is 0.263 e. The maximum atomic E-state index is 10.9. The van der Waals surface area contributed by atoms with Gasteiger partial charge in [-0.3, -0.25) is 10.1 Å². The molecule has 1 aromatic carbocycles. The average molecular weight is 231 g/mol. The summed E-state index contributed by atoms with van der Waals surface area (Å²) >= 11 is 0. The van der Waals surface area contributed by atoms with Crippen molar-refractivity contribution in [1.82, 2.24) is 0 Å². The van der Waals surface area contributed by atoms with Crippen LogP contribution in [0.4, 0.5) is 0 Å². The van der Waals surface area contributed by atoms with Crippen LogP contribution in [0.5, 0.6) is 0 Å². The summed E-state index contributed by atoms with van der Waals surface area (Å²) in [6.45, 7) is 1.44. The van der Waals surface area contributed by atoms with Crippen LogP contribution in [0.1, 0.15) is 12.5 Å². The van der Waals surface area contributed by atoms with E-state index in [1.54, 1.807) is 6.08 Å². The molecule has 2 rings (SSSR count). The van der Waals surface area contributed by atoms with Crippen LogP contribution in [-0.2, 0) is 0 Å². The van der Waals surface area contributed by atoms with Crippen LogP contribution in [0.3, 0.4) is 0 Å². The van der Waals surface area contributed by atoms with Crippen molar-refractivity contribution >= 4 is 5.57 Å². The topological polar surface area (TPSA) is 63.4 Å². The van der Waals surface area contributed by atoms with Gasteiger partial charge in [0.05, 0.1) is 0 Å². The Hall–Kier alpha value is -1.94. The first-order valence-electron chi connectivity index (χ1n) is 5.33. The van der Waals surface area contributed by atoms with Crippen molar-refractivity contribution in [2.75, 3.05) is 0 Å². The van der Waals surface area contributed by atoms with Gasteiger partial charge >= 0.3 is 0 Å². The van der Waals surface area contributed by atoms with E-state index in [4.69, 9.17) is 0 Å². The van der Waals surface area contributed by atoms with Crippen LogP contribution in [0, 0.1) is 10.1 Å². The maximum absolute atomic E-state index is 10.9. The van der Waals surface area contributed by atoms with Gasteiger partial charge in [-0.1, -0.05) is 36.4 Å². The molecule has 0 aromatic heterocycles. The molecule has 0 saturated heterocycles. The first-order chi connectivity index (χ1) is 8.00. The standard InChI is InChI=1S/C13H13NO3/c1-13(15)8-7-11(9-12(13)14(16)17)10-5-3-2-4-6-10/h2-9,12,15H,1H3. The van der Waals surface area contributed by atoms with Crippen LogP contribution in [0.2, 0.25) is 0 Å². The van der Waals surface area contributed by atoms with Gasteiger partial charge in [0.2, 0.25) is 0 Å². The normalized spacial score (nSPS) is 27.6. The molecule has 1 aliphatic carbocycles. The molecular formula is C13H13NO3. The molecule has 1 aromatic rings. The van der Waals surface area contributed by atoms with Crippen molar-refractivity contribution < 1.29 is 10.0 Å². The molecule has 0 amide bonds. The summed E-state index contributed by atoms with van der Waals surface area (Å²) in [5.74, 6) is 0. The molecule has 0 fully saturated rings. The molecule has 88 valence electrons. The number of hydrogen-bond donors (Lipinski definition) is 1. The fourth-order valence-electron chi connectivity index (χ4n) is 1.85. The van der Waals surface area contributed by atoms with Crippen molar-refractivity contribution in [3.63, 3.8) is 0 Å².